The molecule has 3 aromatic rings. The minimum Gasteiger partial charge on any atom is -0.488 e. The largest absolute Gasteiger partial charge is 0.488 e. The molecule has 0 radical (unpaired) electrons. The van der Waals surface area contributed by atoms with Gasteiger partial charge in [0.1, 0.15) is 17.6 Å². The number of aryl methyl sites for hydroxylation is 1. The first kappa shape index (κ1) is 21.7. The third kappa shape index (κ3) is 5.14. The van der Waals surface area contributed by atoms with Gasteiger partial charge in [0, 0.05) is 18.9 Å². The van der Waals surface area contributed by atoms with Crippen LogP contribution in [0.1, 0.15) is 21.6 Å². The van der Waals surface area contributed by atoms with Gasteiger partial charge in [-0.1, -0.05) is 23.7 Å². The third-order valence-electron chi connectivity index (χ3n) is 4.27. The topological polar surface area (TPSA) is 65.4 Å². The molecule has 0 unspecified atom stereocenters. The van der Waals surface area contributed by atoms with Crippen molar-refractivity contribution in [3.05, 3.63) is 76.1 Å². The summed E-state index contributed by atoms with van der Waals surface area (Å²) in [5.41, 5.74) is 1.62. The van der Waals surface area contributed by atoms with E-state index in [9.17, 15) is 13.6 Å². The highest BCUT2D eigenvalue weighted by Crippen LogP contribution is 2.25. The lowest BCUT2D eigenvalue weighted by atomic mass is 10.2. The summed E-state index contributed by atoms with van der Waals surface area (Å²) in [5.74, 6) is -1.41. The molecule has 0 atom stereocenters. The maximum atomic E-state index is 14.2. The molecule has 1 aromatic heterocycles. The molecule has 0 fully saturated rings. The number of nitrogens with one attached hydrogen (secondary N) is 1. The van der Waals surface area contributed by atoms with Crippen LogP contribution in [0.25, 0.3) is 0 Å². The molecule has 0 aliphatic rings. The smallest absolute Gasteiger partial charge is 0.260 e. The Kier molecular flexibility index (Phi) is 7.02. The summed E-state index contributed by atoms with van der Waals surface area (Å²) >= 11 is 6.36. The molecular weight excluding hydrogens is 416 g/mol. The van der Waals surface area contributed by atoms with E-state index in [2.05, 4.69) is 10.4 Å². The van der Waals surface area contributed by atoms with Gasteiger partial charge in [0.15, 0.2) is 11.6 Å². The fourth-order valence-electron chi connectivity index (χ4n) is 2.80. The maximum absolute atomic E-state index is 14.2. The number of nitrogens with zero attached hydrogens (tertiary/aromatic N) is 2. The Morgan fingerprint density at radius 3 is 2.57 bits per heavy atom. The molecule has 1 amide bonds. The predicted molar refractivity (Wildman–Crippen MR) is 109 cm³/mol. The van der Waals surface area contributed by atoms with Crippen LogP contribution in [0.2, 0.25) is 5.15 Å². The first-order chi connectivity index (χ1) is 14.4. The van der Waals surface area contributed by atoms with Crippen molar-refractivity contribution in [3.8, 4) is 5.75 Å². The Labute approximate surface area is 177 Å². The lowest BCUT2D eigenvalue weighted by molar-refractivity contribution is 0.102. The van der Waals surface area contributed by atoms with Crippen LogP contribution in [0, 0.1) is 18.6 Å². The zero-order valence-electron chi connectivity index (χ0n) is 16.4. The molecule has 0 aliphatic carbocycles. The molecule has 1 N–H and O–H groups in total. The molecule has 0 saturated carbocycles. The predicted octanol–water partition coefficient (Wildman–Crippen LogP) is 4.45. The number of ether oxygens (including phenoxy) is 2. The Morgan fingerprint density at radius 1 is 1.17 bits per heavy atom. The van der Waals surface area contributed by atoms with Crippen molar-refractivity contribution in [2.24, 2.45) is 0 Å². The summed E-state index contributed by atoms with van der Waals surface area (Å²) < 4.78 is 38.8. The number of carbonyl (C=O) groups is 1. The van der Waals surface area contributed by atoms with Gasteiger partial charge < -0.3 is 14.8 Å². The number of hydrogen-bond donors (Lipinski definition) is 1. The van der Waals surface area contributed by atoms with E-state index in [0.29, 0.717) is 12.3 Å². The highest BCUT2D eigenvalue weighted by Gasteiger charge is 2.21. The Hall–Kier alpha value is -2.97. The zero-order chi connectivity index (χ0) is 21.7. The molecule has 1 heterocycles. The quantitative estimate of drug-likeness (QED) is 0.531. The van der Waals surface area contributed by atoms with Gasteiger partial charge in [-0.2, -0.15) is 5.10 Å². The average Bonchev–Trinajstić information content (AvgIpc) is 2.98. The first-order valence-electron chi connectivity index (χ1n) is 9.09. The third-order valence-corrected chi connectivity index (χ3v) is 4.66. The minimum atomic E-state index is -0.612. The lowest BCUT2D eigenvalue weighted by Crippen LogP contribution is -2.13. The van der Waals surface area contributed by atoms with Crippen LogP contribution < -0.4 is 10.1 Å². The first-order valence-corrected chi connectivity index (χ1v) is 9.47. The van der Waals surface area contributed by atoms with E-state index in [-0.39, 0.29) is 41.1 Å². The number of methoxy groups -OCH3 is 1. The highest BCUT2D eigenvalue weighted by atomic mass is 35.5. The molecule has 0 saturated heterocycles. The molecular formula is C21H20ClF2N3O3. The van der Waals surface area contributed by atoms with Crippen LogP contribution in [-0.4, -0.2) is 36.0 Å². The van der Waals surface area contributed by atoms with E-state index in [1.54, 1.807) is 19.1 Å². The molecule has 2 aromatic carbocycles. The number of anilines is 1. The van der Waals surface area contributed by atoms with Crippen molar-refractivity contribution >= 4 is 23.2 Å². The zero-order valence-corrected chi connectivity index (χ0v) is 17.2. The number of amides is 1. The van der Waals surface area contributed by atoms with E-state index < -0.39 is 11.7 Å². The summed E-state index contributed by atoms with van der Waals surface area (Å²) in [6, 6.07) is 10.0. The van der Waals surface area contributed by atoms with Crippen molar-refractivity contribution in [2.45, 2.75) is 13.5 Å². The van der Waals surface area contributed by atoms with Crippen molar-refractivity contribution < 1.29 is 23.0 Å². The fourth-order valence-corrected chi connectivity index (χ4v) is 3.12. The number of benzene rings is 2. The van der Waals surface area contributed by atoms with Crippen molar-refractivity contribution in [1.29, 1.82) is 0 Å². The van der Waals surface area contributed by atoms with Gasteiger partial charge in [0.2, 0.25) is 0 Å². The monoisotopic (exact) mass is 435 g/mol. The number of rotatable bonds is 8. The van der Waals surface area contributed by atoms with E-state index in [0.717, 1.165) is 11.6 Å². The van der Waals surface area contributed by atoms with Crippen LogP contribution in [0.5, 0.6) is 5.75 Å². The Bertz CT molecular complexity index is 1040. The number of hydrogen-bond acceptors (Lipinski definition) is 4. The van der Waals surface area contributed by atoms with Gasteiger partial charge in [0.25, 0.3) is 5.91 Å². The van der Waals surface area contributed by atoms with E-state index in [1.165, 1.54) is 36.1 Å². The molecule has 3 rings (SSSR count). The summed E-state index contributed by atoms with van der Waals surface area (Å²) in [4.78, 5) is 12.7. The minimum absolute atomic E-state index is 0.0615. The number of aromatic nitrogens is 2. The summed E-state index contributed by atoms with van der Waals surface area (Å²) in [7, 11) is 1.52. The summed E-state index contributed by atoms with van der Waals surface area (Å²) in [5, 5.41) is 7.04. The van der Waals surface area contributed by atoms with Crippen LogP contribution in [0.4, 0.5) is 14.5 Å². The van der Waals surface area contributed by atoms with E-state index >= 15 is 0 Å². The van der Waals surface area contributed by atoms with Gasteiger partial charge in [-0.3, -0.25) is 4.79 Å². The molecule has 0 aliphatic heterocycles. The number of carbonyl (C=O) groups excluding carboxylic acids is 1. The molecule has 158 valence electrons. The second kappa shape index (κ2) is 9.69. The van der Waals surface area contributed by atoms with Gasteiger partial charge in [-0.05, 0) is 36.8 Å². The standard InChI is InChI=1S/C21H20ClF2N3O3/c1-13-19(20(22)27(26-13)12-14-3-5-15(23)6-4-14)21(28)25-16-7-8-18(17(24)11-16)30-10-9-29-2/h3-8,11H,9-10,12H2,1-2H3,(H,25,28). The summed E-state index contributed by atoms with van der Waals surface area (Å²) in [6.07, 6.45) is 0. The van der Waals surface area contributed by atoms with Crippen LogP contribution in [0.15, 0.2) is 42.5 Å². The number of halogens is 3. The van der Waals surface area contributed by atoms with Crippen LogP contribution >= 0.6 is 11.6 Å². The second-order valence-electron chi connectivity index (χ2n) is 6.48. The van der Waals surface area contributed by atoms with Crippen molar-refractivity contribution in [3.63, 3.8) is 0 Å². The molecule has 0 spiro atoms. The molecule has 30 heavy (non-hydrogen) atoms. The fraction of sp³-hybridized carbons (Fsp3) is 0.238. The summed E-state index contributed by atoms with van der Waals surface area (Å²) in [6.45, 7) is 2.46. The maximum Gasteiger partial charge on any atom is 0.260 e. The van der Waals surface area contributed by atoms with Crippen molar-refractivity contribution in [1.82, 2.24) is 9.78 Å². The van der Waals surface area contributed by atoms with Gasteiger partial charge in [0.05, 0.1) is 24.4 Å². The second-order valence-corrected chi connectivity index (χ2v) is 6.83. The van der Waals surface area contributed by atoms with Gasteiger partial charge >= 0.3 is 0 Å². The molecule has 6 nitrogen and oxygen atoms in total. The van der Waals surface area contributed by atoms with E-state index in [1.807, 2.05) is 0 Å². The lowest BCUT2D eigenvalue weighted by Gasteiger charge is -2.09. The van der Waals surface area contributed by atoms with Gasteiger partial charge in [-0.25, -0.2) is 13.5 Å². The molecule has 0 bridgehead atoms. The Morgan fingerprint density at radius 2 is 1.90 bits per heavy atom. The van der Waals surface area contributed by atoms with E-state index in [4.69, 9.17) is 21.1 Å². The van der Waals surface area contributed by atoms with Crippen LogP contribution in [0.3, 0.4) is 0 Å². The van der Waals surface area contributed by atoms with Gasteiger partial charge in [-0.15, -0.1) is 0 Å². The molecule has 9 heteroatoms. The highest BCUT2D eigenvalue weighted by molar-refractivity contribution is 6.33. The Balaban J connectivity index is 1.73. The average molecular weight is 436 g/mol. The SMILES string of the molecule is COCCOc1ccc(NC(=O)c2c(C)nn(Cc3ccc(F)cc3)c2Cl)cc1F. The van der Waals surface area contributed by atoms with Crippen molar-refractivity contribution in [2.75, 3.05) is 25.6 Å². The van der Waals surface area contributed by atoms with Crippen LogP contribution in [-0.2, 0) is 11.3 Å². The normalized spacial score (nSPS) is 10.8.